The molecule has 1 fully saturated rings. The first-order valence-electron chi connectivity index (χ1n) is 10.4. The van der Waals surface area contributed by atoms with Gasteiger partial charge in [0.2, 0.25) is 0 Å². The number of piperazine rings is 1. The Hall–Kier alpha value is -2.89. The van der Waals surface area contributed by atoms with Crippen molar-refractivity contribution in [2.24, 2.45) is 0 Å². The van der Waals surface area contributed by atoms with Crippen LogP contribution in [0.1, 0.15) is 21.5 Å². The summed E-state index contributed by atoms with van der Waals surface area (Å²) in [5, 5.41) is 3.50. The predicted octanol–water partition coefficient (Wildman–Crippen LogP) is 5.36. The molecule has 0 unspecified atom stereocenters. The third-order valence-electron chi connectivity index (χ3n) is 5.65. The summed E-state index contributed by atoms with van der Waals surface area (Å²) in [6, 6.07) is 20.1. The van der Waals surface area contributed by atoms with E-state index < -0.39 is 0 Å². The van der Waals surface area contributed by atoms with Gasteiger partial charge in [0.15, 0.2) is 0 Å². The number of anilines is 2. The van der Waals surface area contributed by atoms with Crippen molar-refractivity contribution in [1.29, 1.82) is 0 Å². The lowest BCUT2D eigenvalue weighted by Crippen LogP contribution is -2.46. The molecule has 0 radical (unpaired) electrons. The van der Waals surface area contributed by atoms with Gasteiger partial charge in [-0.1, -0.05) is 35.9 Å². The lowest BCUT2D eigenvalue weighted by atomic mass is 10.1. The lowest BCUT2D eigenvalue weighted by molar-refractivity contribution is 0.102. The highest BCUT2D eigenvalue weighted by Gasteiger charge is 2.18. The fourth-order valence-corrected chi connectivity index (χ4v) is 3.91. The van der Waals surface area contributed by atoms with E-state index in [9.17, 15) is 9.18 Å². The maximum absolute atomic E-state index is 13.9. The van der Waals surface area contributed by atoms with Gasteiger partial charge in [-0.2, -0.15) is 0 Å². The number of nitrogens with zero attached hydrogens (tertiary/aromatic N) is 2. The zero-order valence-corrected chi connectivity index (χ0v) is 18.2. The number of carbonyl (C=O) groups is 1. The molecule has 4 nitrogen and oxygen atoms in total. The molecule has 1 aliphatic rings. The number of carbonyl (C=O) groups excluding carboxylic acids is 1. The number of aryl methyl sites for hydroxylation is 1. The minimum absolute atomic E-state index is 0.143. The first-order chi connectivity index (χ1) is 15.0. The predicted molar refractivity (Wildman–Crippen MR) is 124 cm³/mol. The summed E-state index contributed by atoms with van der Waals surface area (Å²) in [6.07, 6.45) is 0. The van der Waals surface area contributed by atoms with Crippen LogP contribution in [0.25, 0.3) is 0 Å². The van der Waals surface area contributed by atoms with Crippen LogP contribution < -0.4 is 10.2 Å². The van der Waals surface area contributed by atoms with E-state index in [-0.39, 0.29) is 11.7 Å². The molecule has 0 bridgehead atoms. The fourth-order valence-electron chi connectivity index (χ4n) is 3.72. The lowest BCUT2D eigenvalue weighted by Gasteiger charge is -2.36. The third kappa shape index (κ3) is 5.24. The molecule has 3 aromatic rings. The zero-order chi connectivity index (χ0) is 21.8. The molecular weight excluding hydrogens is 413 g/mol. The van der Waals surface area contributed by atoms with Crippen LogP contribution in [0.5, 0.6) is 0 Å². The van der Waals surface area contributed by atoms with Gasteiger partial charge in [0.1, 0.15) is 5.82 Å². The van der Waals surface area contributed by atoms with Gasteiger partial charge >= 0.3 is 0 Å². The second kappa shape index (κ2) is 9.50. The Morgan fingerprint density at radius 2 is 1.71 bits per heavy atom. The molecule has 1 heterocycles. The molecule has 4 rings (SSSR count). The largest absolute Gasteiger partial charge is 0.369 e. The average molecular weight is 438 g/mol. The summed E-state index contributed by atoms with van der Waals surface area (Å²) in [6.45, 7) is 6.04. The standard InChI is InChI=1S/C25H25ClFN3O/c1-18-6-7-19(16-23(18)26)25(31)28-21-8-10-22(11-9-21)30-14-12-29(13-15-30)17-20-4-2-3-5-24(20)27/h2-11,16H,12-15,17H2,1H3,(H,28,31). The van der Waals surface area contributed by atoms with Crippen molar-refractivity contribution in [3.8, 4) is 0 Å². The Labute approximate surface area is 187 Å². The van der Waals surface area contributed by atoms with Crippen molar-refractivity contribution >= 4 is 28.9 Å². The summed E-state index contributed by atoms with van der Waals surface area (Å²) >= 11 is 6.12. The molecule has 0 atom stereocenters. The molecule has 1 aliphatic heterocycles. The highest BCUT2D eigenvalue weighted by atomic mass is 35.5. The van der Waals surface area contributed by atoms with Gasteiger partial charge in [0.25, 0.3) is 5.91 Å². The Balaban J connectivity index is 1.32. The Bertz CT molecular complexity index is 1060. The monoisotopic (exact) mass is 437 g/mol. The number of amides is 1. The molecule has 160 valence electrons. The maximum atomic E-state index is 13.9. The van der Waals surface area contributed by atoms with Crippen molar-refractivity contribution in [1.82, 2.24) is 4.90 Å². The van der Waals surface area contributed by atoms with E-state index in [0.29, 0.717) is 17.1 Å². The highest BCUT2D eigenvalue weighted by Crippen LogP contribution is 2.22. The van der Waals surface area contributed by atoms with Gasteiger partial charge in [-0.05, 0) is 55.0 Å². The van der Waals surface area contributed by atoms with E-state index >= 15 is 0 Å². The Morgan fingerprint density at radius 3 is 2.39 bits per heavy atom. The molecule has 0 aliphatic carbocycles. The van der Waals surface area contributed by atoms with E-state index in [1.54, 1.807) is 18.2 Å². The van der Waals surface area contributed by atoms with Gasteiger partial charge in [-0.25, -0.2) is 4.39 Å². The topological polar surface area (TPSA) is 35.6 Å². The molecule has 0 saturated carbocycles. The third-order valence-corrected chi connectivity index (χ3v) is 6.06. The Kier molecular flexibility index (Phi) is 6.54. The molecule has 1 amide bonds. The molecule has 1 N–H and O–H groups in total. The van der Waals surface area contributed by atoms with Crippen LogP contribution in [0.3, 0.4) is 0 Å². The van der Waals surface area contributed by atoms with Crippen LogP contribution in [0.2, 0.25) is 5.02 Å². The fraction of sp³-hybridized carbons (Fsp3) is 0.240. The number of halogens is 2. The Morgan fingerprint density at radius 1 is 1.00 bits per heavy atom. The van der Waals surface area contributed by atoms with Gasteiger partial charge in [0, 0.05) is 60.2 Å². The van der Waals surface area contributed by atoms with Gasteiger partial charge in [-0.3, -0.25) is 9.69 Å². The van der Waals surface area contributed by atoms with E-state index in [2.05, 4.69) is 15.1 Å². The molecule has 1 saturated heterocycles. The summed E-state index contributed by atoms with van der Waals surface area (Å²) < 4.78 is 13.9. The molecule has 0 aromatic heterocycles. The van der Waals surface area contributed by atoms with Crippen LogP contribution in [0, 0.1) is 12.7 Å². The van der Waals surface area contributed by atoms with Crippen molar-refractivity contribution in [3.63, 3.8) is 0 Å². The quantitative estimate of drug-likeness (QED) is 0.583. The summed E-state index contributed by atoms with van der Waals surface area (Å²) in [5.41, 5.74) is 4.07. The van der Waals surface area contributed by atoms with Gasteiger partial charge in [-0.15, -0.1) is 0 Å². The van der Waals surface area contributed by atoms with Crippen LogP contribution in [-0.2, 0) is 6.54 Å². The van der Waals surface area contributed by atoms with Crippen LogP contribution in [-0.4, -0.2) is 37.0 Å². The van der Waals surface area contributed by atoms with E-state index in [4.69, 9.17) is 11.6 Å². The smallest absolute Gasteiger partial charge is 0.255 e. The second-order valence-electron chi connectivity index (χ2n) is 7.82. The number of rotatable bonds is 5. The van der Waals surface area contributed by atoms with Crippen molar-refractivity contribution < 1.29 is 9.18 Å². The maximum Gasteiger partial charge on any atom is 0.255 e. The summed E-state index contributed by atoms with van der Waals surface area (Å²) in [4.78, 5) is 17.0. The summed E-state index contributed by atoms with van der Waals surface area (Å²) in [7, 11) is 0. The minimum atomic E-state index is -0.184. The van der Waals surface area contributed by atoms with Gasteiger partial charge in [0.05, 0.1) is 0 Å². The van der Waals surface area contributed by atoms with E-state index in [0.717, 1.165) is 48.7 Å². The minimum Gasteiger partial charge on any atom is -0.369 e. The molecule has 6 heteroatoms. The first-order valence-corrected chi connectivity index (χ1v) is 10.8. The normalized spacial score (nSPS) is 14.5. The molecule has 31 heavy (non-hydrogen) atoms. The van der Waals surface area contributed by atoms with Crippen molar-refractivity contribution in [3.05, 3.63) is 94.3 Å². The number of nitrogens with one attached hydrogen (secondary N) is 1. The van der Waals surface area contributed by atoms with E-state index in [1.807, 2.05) is 49.4 Å². The highest BCUT2D eigenvalue weighted by molar-refractivity contribution is 6.31. The molecule has 0 spiro atoms. The number of hydrogen-bond acceptors (Lipinski definition) is 3. The van der Waals surface area contributed by atoms with Crippen molar-refractivity contribution in [2.45, 2.75) is 13.5 Å². The summed E-state index contributed by atoms with van der Waals surface area (Å²) in [5.74, 6) is -0.327. The number of hydrogen-bond donors (Lipinski definition) is 1. The number of benzene rings is 3. The van der Waals surface area contributed by atoms with Crippen LogP contribution >= 0.6 is 11.6 Å². The van der Waals surface area contributed by atoms with Crippen molar-refractivity contribution in [2.75, 3.05) is 36.4 Å². The zero-order valence-electron chi connectivity index (χ0n) is 17.4. The molecular formula is C25H25ClFN3O. The average Bonchev–Trinajstić information content (AvgIpc) is 2.78. The van der Waals surface area contributed by atoms with E-state index in [1.165, 1.54) is 6.07 Å². The first kappa shape index (κ1) is 21.3. The van der Waals surface area contributed by atoms with Crippen LogP contribution in [0.4, 0.5) is 15.8 Å². The second-order valence-corrected chi connectivity index (χ2v) is 8.23. The van der Waals surface area contributed by atoms with Crippen LogP contribution in [0.15, 0.2) is 66.7 Å². The molecule has 3 aromatic carbocycles. The van der Waals surface area contributed by atoms with Gasteiger partial charge < -0.3 is 10.2 Å². The SMILES string of the molecule is Cc1ccc(C(=O)Nc2ccc(N3CCN(Cc4ccccc4F)CC3)cc2)cc1Cl.